The Kier molecular flexibility index (Phi) is 4.93. The zero-order chi connectivity index (χ0) is 17.8. The monoisotopic (exact) mass is 333 g/mol. The fourth-order valence-electron chi connectivity index (χ4n) is 2.55. The minimum absolute atomic E-state index is 0.168. The van der Waals surface area contributed by atoms with Gasteiger partial charge in [0.05, 0.1) is 18.1 Å². The van der Waals surface area contributed by atoms with Crippen molar-refractivity contribution in [3.05, 3.63) is 71.2 Å². The molecule has 0 aliphatic carbocycles. The highest BCUT2D eigenvalue weighted by Crippen LogP contribution is 2.22. The van der Waals surface area contributed by atoms with E-state index in [1.54, 1.807) is 12.4 Å². The largest absolute Gasteiger partial charge is 0.363 e. The number of nitrogens with zero attached hydrogens (tertiary/aromatic N) is 3. The molecule has 0 spiro atoms. The Bertz CT molecular complexity index is 841. The van der Waals surface area contributed by atoms with E-state index in [1.165, 1.54) is 11.1 Å². The molecule has 2 N–H and O–H groups in total. The molecule has 0 aliphatic heterocycles. The molecule has 1 aromatic carbocycles. The predicted molar refractivity (Wildman–Crippen MR) is 102 cm³/mol. The van der Waals surface area contributed by atoms with E-state index in [4.69, 9.17) is 0 Å². The van der Waals surface area contributed by atoms with E-state index in [-0.39, 0.29) is 6.04 Å². The summed E-state index contributed by atoms with van der Waals surface area (Å²) in [5, 5.41) is 6.67. The minimum Gasteiger partial charge on any atom is -0.363 e. The van der Waals surface area contributed by atoms with E-state index < -0.39 is 0 Å². The molecule has 3 aromatic rings. The molecule has 0 saturated heterocycles. The molecule has 0 fully saturated rings. The van der Waals surface area contributed by atoms with Gasteiger partial charge >= 0.3 is 0 Å². The molecule has 0 amide bonds. The number of aromatic nitrogens is 3. The lowest BCUT2D eigenvalue weighted by molar-refractivity contribution is 0.874. The Hall–Kier alpha value is -2.95. The van der Waals surface area contributed by atoms with Crippen LogP contribution in [0.3, 0.4) is 0 Å². The SMILES string of the molecule is Cc1ccc(C(C)Nc2cc(C)cc(Nc3cnc(C)cn3)n2)cc1. The molecule has 5 heteroatoms. The van der Waals surface area contributed by atoms with Gasteiger partial charge in [-0.2, -0.15) is 0 Å². The summed E-state index contributed by atoms with van der Waals surface area (Å²) in [7, 11) is 0. The van der Waals surface area contributed by atoms with E-state index in [2.05, 4.69) is 70.6 Å². The summed E-state index contributed by atoms with van der Waals surface area (Å²) in [5.74, 6) is 2.26. The van der Waals surface area contributed by atoms with E-state index >= 15 is 0 Å². The second-order valence-electron chi connectivity index (χ2n) is 6.36. The first-order valence-electron chi connectivity index (χ1n) is 8.37. The average molecular weight is 333 g/mol. The van der Waals surface area contributed by atoms with Gasteiger partial charge in [-0.3, -0.25) is 4.98 Å². The smallest absolute Gasteiger partial charge is 0.150 e. The van der Waals surface area contributed by atoms with Crippen LogP contribution in [0, 0.1) is 20.8 Å². The third-order valence-corrected chi connectivity index (χ3v) is 3.95. The van der Waals surface area contributed by atoms with Crippen molar-refractivity contribution < 1.29 is 0 Å². The fraction of sp³-hybridized carbons (Fsp3) is 0.250. The third kappa shape index (κ3) is 4.53. The van der Waals surface area contributed by atoms with Gasteiger partial charge in [-0.05, 0) is 51.0 Å². The van der Waals surface area contributed by atoms with Crippen LogP contribution in [0.25, 0.3) is 0 Å². The van der Waals surface area contributed by atoms with Gasteiger partial charge in [0.15, 0.2) is 0 Å². The maximum atomic E-state index is 4.64. The van der Waals surface area contributed by atoms with Crippen molar-refractivity contribution in [1.29, 1.82) is 0 Å². The Morgan fingerprint density at radius 2 is 1.52 bits per heavy atom. The first-order chi connectivity index (χ1) is 12.0. The number of aryl methyl sites for hydroxylation is 3. The third-order valence-electron chi connectivity index (χ3n) is 3.95. The highest BCUT2D eigenvalue weighted by atomic mass is 15.1. The summed E-state index contributed by atoms with van der Waals surface area (Å²) in [5.41, 5.74) is 4.50. The topological polar surface area (TPSA) is 62.7 Å². The summed E-state index contributed by atoms with van der Waals surface area (Å²) in [6.07, 6.45) is 3.44. The number of anilines is 3. The van der Waals surface area contributed by atoms with Gasteiger partial charge in [0.1, 0.15) is 17.5 Å². The zero-order valence-electron chi connectivity index (χ0n) is 15.0. The van der Waals surface area contributed by atoms with Crippen LogP contribution in [0.5, 0.6) is 0 Å². The molecule has 0 aliphatic rings. The standard InChI is InChI=1S/C20H23N5/c1-13-5-7-17(8-6-13)16(4)23-18-9-14(2)10-19(24-18)25-20-12-21-15(3)11-22-20/h5-12,16H,1-4H3,(H2,22,23,24,25). The molecule has 0 bridgehead atoms. The van der Waals surface area contributed by atoms with Gasteiger partial charge in [0, 0.05) is 6.04 Å². The first kappa shape index (κ1) is 16.9. The average Bonchev–Trinajstić information content (AvgIpc) is 2.57. The van der Waals surface area contributed by atoms with Crippen molar-refractivity contribution in [2.45, 2.75) is 33.7 Å². The van der Waals surface area contributed by atoms with Crippen molar-refractivity contribution >= 4 is 17.5 Å². The number of hydrogen-bond donors (Lipinski definition) is 2. The molecule has 0 saturated carbocycles. The van der Waals surface area contributed by atoms with E-state index in [0.29, 0.717) is 5.82 Å². The van der Waals surface area contributed by atoms with Gasteiger partial charge in [0.25, 0.3) is 0 Å². The predicted octanol–water partition coefficient (Wildman–Crippen LogP) is 4.71. The van der Waals surface area contributed by atoms with Gasteiger partial charge in [-0.1, -0.05) is 29.8 Å². The van der Waals surface area contributed by atoms with E-state index in [0.717, 1.165) is 22.9 Å². The molecule has 25 heavy (non-hydrogen) atoms. The molecule has 5 nitrogen and oxygen atoms in total. The van der Waals surface area contributed by atoms with Gasteiger partial charge < -0.3 is 10.6 Å². The molecule has 0 radical (unpaired) electrons. The van der Waals surface area contributed by atoms with E-state index in [1.807, 2.05) is 19.1 Å². The van der Waals surface area contributed by atoms with Crippen molar-refractivity contribution in [2.24, 2.45) is 0 Å². The summed E-state index contributed by atoms with van der Waals surface area (Å²) >= 11 is 0. The lowest BCUT2D eigenvalue weighted by Crippen LogP contribution is -2.09. The Morgan fingerprint density at radius 1 is 0.800 bits per heavy atom. The molecule has 1 unspecified atom stereocenters. The fourth-order valence-corrected chi connectivity index (χ4v) is 2.55. The molecule has 3 rings (SSSR count). The minimum atomic E-state index is 0.168. The highest BCUT2D eigenvalue weighted by molar-refractivity contribution is 5.56. The lowest BCUT2D eigenvalue weighted by atomic mass is 10.1. The van der Waals surface area contributed by atoms with Gasteiger partial charge in [0.2, 0.25) is 0 Å². The van der Waals surface area contributed by atoms with Crippen LogP contribution in [-0.2, 0) is 0 Å². The van der Waals surface area contributed by atoms with Crippen LogP contribution in [0.4, 0.5) is 17.5 Å². The Morgan fingerprint density at radius 3 is 2.20 bits per heavy atom. The summed E-state index contributed by atoms with van der Waals surface area (Å²) in [6, 6.07) is 12.7. The van der Waals surface area contributed by atoms with Gasteiger partial charge in [-0.15, -0.1) is 0 Å². The van der Waals surface area contributed by atoms with Gasteiger partial charge in [-0.25, -0.2) is 9.97 Å². The molecular formula is C20H23N5. The van der Waals surface area contributed by atoms with Crippen LogP contribution in [0.1, 0.15) is 35.3 Å². The van der Waals surface area contributed by atoms with Crippen LogP contribution in [0.2, 0.25) is 0 Å². The highest BCUT2D eigenvalue weighted by Gasteiger charge is 2.08. The summed E-state index contributed by atoms with van der Waals surface area (Å²) in [4.78, 5) is 13.2. The first-order valence-corrected chi connectivity index (χ1v) is 8.37. The number of pyridine rings is 1. The maximum absolute atomic E-state index is 4.64. The number of rotatable bonds is 5. The van der Waals surface area contributed by atoms with Crippen LogP contribution in [0.15, 0.2) is 48.8 Å². The Balaban J connectivity index is 1.76. The van der Waals surface area contributed by atoms with Crippen LogP contribution < -0.4 is 10.6 Å². The normalized spacial score (nSPS) is 11.8. The quantitative estimate of drug-likeness (QED) is 0.708. The van der Waals surface area contributed by atoms with Crippen LogP contribution in [-0.4, -0.2) is 15.0 Å². The summed E-state index contributed by atoms with van der Waals surface area (Å²) < 4.78 is 0. The number of benzene rings is 1. The Labute approximate surface area is 148 Å². The second kappa shape index (κ2) is 7.30. The molecule has 2 aromatic heterocycles. The number of hydrogen-bond acceptors (Lipinski definition) is 5. The van der Waals surface area contributed by atoms with Crippen molar-refractivity contribution in [3.8, 4) is 0 Å². The van der Waals surface area contributed by atoms with Crippen molar-refractivity contribution in [3.63, 3.8) is 0 Å². The number of nitrogens with one attached hydrogen (secondary N) is 2. The van der Waals surface area contributed by atoms with Crippen LogP contribution >= 0.6 is 0 Å². The molecule has 128 valence electrons. The summed E-state index contributed by atoms with van der Waals surface area (Å²) in [6.45, 7) is 8.19. The maximum Gasteiger partial charge on any atom is 0.150 e. The zero-order valence-corrected chi connectivity index (χ0v) is 15.0. The lowest BCUT2D eigenvalue weighted by Gasteiger charge is -2.17. The van der Waals surface area contributed by atoms with E-state index in [9.17, 15) is 0 Å². The second-order valence-corrected chi connectivity index (χ2v) is 6.36. The molecular weight excluding hydrogens is 310 g/mol. The van der Waals surface area contributed by atoms with Crippen molar-refractivity contribution in [1.82, 2.24) is 15.0 Å². The molecule has 1 atom stereocenters. The van der Waals surface area contributed by atoms with Crippen molar-refractivity contribution in [2.75, 3.05) is 10.6 Å². The molecule has 2 heterocycles.